The predicted molar refractivity (Wildman–Crippen MR) is 110 cm³/mol. The third kappa shape index (κ3) is 7.65. The lowest BCUT2D eigenvalue weighted by Gasteiger charge is -2.18. The highest BCUT2D eigenvalue weighted by Crippen LogP contribution is 2.30. The highest BCUT2D eigenvalue weighted by atomic mass is 16.7. The van der Waals surface area contributed by atoms with Gasteiger partial charge in [-0.15, -0.1) is 0 Å². The van der Waals surface area contributed by atoms with E-state index >= 15 is 0 Å². The number of rotatable bonds is 4. The first kappa shape index (κ1) is 27.7. The second kappa shape index (κ2) is 12.6. The van der Waals surface area contributed by atoms with Gasteiger partial charge in [-0.25, -0.2) is 0 Å². The molecule has 5 N–H and O–H groups in total. The molecule has 9 nitrogen and oxygen atoms in total. The number of hydrogen-bond acceptors (Lipinski definition) is 9. The third-order valence-electron chi connectivity index (χ3n) is 5.70. The van der Waals surface area contributed by atoms with Crippen molar-refractivity contribution < 1.29 is 44.5 Å². The Kier molecular flexibility index (Phi) is 11.6. The van der Waals surface area contributed by atoms with Gasteiger partial charge >= 0.3 is 0 Å². The number of methoxy groups -OCH3 is 1. The van der Waals surface area contributed by atoms with Gasteiger partial charge in [0.15, 0.2) is 12.6 Å². The standard InChI is InChI=1S/C8H16O.C7H14O4.C6H12O4/c1-4-7-5-6-8(2,3)9-7;1-3-4-5(8)6(9)7(10-2)11-4;1-2-3-4(7)5(8)6(9)10-3/h7H,4-6H2,1-3H3;4-9H,3H2,1-2H3;3-9H,2H2,1H3/t7-;4?,5-,6-,7?;3?,4-,5-,6+/m011/s1. The van der Waals surface area contributed by atoms with Crippen LogP contribution in [0.25, 0.3) is 0 Å². The molecule has 180 valence electrons. The minimum absolute atomic E-state index is 0.167. The Bertz CT molecular complexity index is 457. The lowest BCUT2D eigenvalue weighted by molar-refractivity contribution is -0.148. The molecule has 3 saturated heterocycles. The molecule has 0 spiro atoms. The summed E-state index contributed by atoms with van der Waals surface area (Å²) < 4.78 is 20.4. The van der Waals surface area contributed by atoms with Crippen molar-refractivity contribution in [3.63, 3.8) is 0 Å². The number of ether oxygens (including phenoxy) is 4. The number of aliphatic hydroxyl groups excluding tert-OH is 5. The zero-order valence-corrected chi connectivity index (χ0v) is 19.1. The van der Waals surface area contributed by atoms with E-state index in [0.29, 0.717) is 18.9 Å². The first-order valence-electron chi connectivity index (χ1n) is 10.9. The van der Waals surface area contributed by atoms with E-state index in [0.717, 1.165) is 0 Å². The molecule has 0 aromatic rings. The fourth-order valence-corrected chi connectivity index (χ4v) is 3.68. The van der Waals surface area contributed by atoms with Crippen molar-refractivity contribution in [2.45, 2.75) is 128 Å². The average Bonchev–Trinajstić information content (AvgIpc) is 3.31. The summed E-state index contributed by atoms with van der Waals surface area (Å²) in [6, 6.07) is 0. The van der Waals surface area contributed by atoms with Crippen LogP contribution in [0.4, 0.5) is 0 Å². The molecular formula is C21H42O9. The molecular weight excluding hydrogens is 396 g/mol. The van der Waals surface area contributed by atoms with Crippen molar-refractivity contribution >= 4 is 0 Å². The minimum atomic E-state index is -1.22. The van der Waals surface area contributed by atoms with Crippen LogP contribution in [0.3, 0.4) is 0 Å². The summed E-state index contributed by atoms with van der Waals surface area (Å²) in [5, 5.41) is 45.4. The van der Waals surface area contributed by atoms with Crippen LogP contribution in [0, 0.1) is 0 Å². The average molecular weight is 439 g/mol. The van der Waals surface area contributed by atoms with Crippen LogP contribution >= 0.6 is 0 Å². The highest BCUT2D eigenvalue weighted by Gasteiger charge is 2.42. The maximum atomic E-state index is 9.30. The Hall–Kier alpha value is -0.360. The summed E-state index contributed by atoms with van der Waals surface area (Å²) >= 11 is 0. The van der Waals surface area contributed by atoms with Crippen LogP contribution in [0.2, 0.25) is 0 Å². The monoisotopic (exact) mass is 438 g/mol. The maximum Gasteiger partial charge on any atom is 0.186 e. The van der Waals surface area contributed by atoms with Crippen LogP contribution in [0.5, 0.6) is 0 Å². The summed E-state index contributed by atoms with van der Waals surface area (Å²) in [4.78, 5) is 0. The van der Waals surface area contributed by atoms with E-state index in [1.165, 1.54) is 26.4 Å². The molecule has 3 rings (SSSR count). The zero-order chi connectivity index (χ0) is 23.1. The van der Waals surface area contributed by atoms with Gasteiger partial charge in [0.2, 0.25) is 0 Å². The van der Waals surface area contributed by atoms with Gasteiger partial charge in [0.1, 0.15) is 24.4 Å². The third-order valence-corrected chi connectivity index (χ3v) is 5.70. The lowest BCUT2D eigenvalue weighted by atomic mass is 10.1. The van der Waals surface area contributed by atoms with Crippen LogP contribution in [0.1, 0.15) is 66.7 Å². The van der Waals surface area contributed by atoms with Gasteiger partial charge < -0.3 is 44.5 Å². The molecule has 0 saturated carbocycles. The van der Waals surface area contributed by atoms with Crippen molar-refractivity contribution in [2.24, 2.45) is 0 Å². The van der Waals surface area contributed by atoms with Crippen LogP contribution in [-0.2, 0) is 18.9 Å². The number of aliphatic hydroxyl groups is 5. The predicted octanol–water partition coefficient (Wildman–Crippen LogP) is 0.679. The molecule has 9 atom stereocenters. The summed E-state index contributed by atoms with van der Waals surface area (Å²) in [6.45, 7) is 10.2. The van der Waals surface area contributed by atoms with E-state index in [4.69, 9.17) is 34.3 Å². The molecule has 3 unspecified atom stereocenters. The smallest absolute Gasteiger partial charge is 0.186 e. The largest absolute Gasteiger partial charge is 0.387 e. The molecule has 30 heavy (non-hydrogen) atoms. The van der Waals surface area contributed by atoms with Crippen molar-refractivity contribution in [2.75, 3.05) is 7.11 Å². The lowest BCUT2D eigenvalue weighted by Crippen LogP contribution is -2.32. The SMILES string of the molecule is CCC1OC(OC)[C@H](O)[C@@H]1O.CCC1O[C@H](O)[C@H](O)[C@@H]1O.CC[C@H]1CCC(C)(C)O1. The molecule has 0 aromatic heterocycles. The van der Waals surface area contributed by atoms with E-state index in [1.54, 1.807) is 0 Å². The molecule has 0 radical (unpaired) electrons. The summed E-state index contributed by atoms with van der Waals surface area (Å²) in [5.41, 5.74) is 0.167. The maximum absolute atomic E-state index is 9.30. The molecule has 0 bridgehead atoms. The molecule has 9 heteroatoms. The normalized spacial score (nSPS) is 42.3. The van der Waals surface area contributed by atoms with Gasteiger partial charge in [0.25, 0.3) is 0 Å². The quantitative estimate of drug-likeness (QED) is 0.429. The Morgan fingerprint density at radius 1 is 0.800 bits per heavy atom. The van der Waals surface area contributed by atoms with Crippen LogP contribution in [-0.4, -0.2) is 93.6 Å². The fourth-order valence-electron chi connectivity index (χ4n) is 3.68. The van der Waals surface area contributed by atoms with Gasteiger partial charge in [0.05, 0.1) is 23.9 Å². The Morgan fingerprint density at radius 3 is 1.57 bits per heavy atom. The summed E-state index contributed by atoms with van der Waals surface area (Å²) in [7, 11) is 1.44. The van der Waals surface area contributed by atoms with E-state index in [9.17, 15) is 10.2 Å². The molecule has 0 amide bonds. The van der Waals surface area contributed by atoms with Crippen molar-refractivity contribution in [1.82, 2.24) is 0 Å². The zero-order valence-electron chi connectivity index (χ0n) is 19.1. The molecule has 3 fully saturated rings. The molecule has 3 aliphatic heterocycles. The Labute approximate surface area is 179 Å². The Morgan fingerprint density at radius 2 is 1.33 bits per heavy atom. The van der Waals surface area contributed by atoms with E-state index in [1.807, 2.05) is 13.8 Å². The van der Waals surface area contributed by atoms with Gasteiger partial charge in [-0.2, -0.15) is 0 Å². The van der Waals surface area contributed by atoms with E-state index < -0.39 is 43.1 Å². The van der Waals surface area contributed by atoms with Gasteiger partial charge in [-0.1, -0.05) is 20.8 Å². The van der Waals surface area contributed by atoms with Gasteiger partial charge in [-0.05, 0) is 46.0 Å². The van der Waals surface area contributed by atoms with E-state index in [2.05, 4.69) is 20.8 Å². The summed E-state index contributed by atoms with van der Waals surface area (Å²) in [5.74, 6) is 0. The molecule has 0 aromatic carbocycles. The van der Waals surface area contributed by atoms with Crippen molar-refractivity contribution in [1.29, 1.82) is 0 Å². The second-order valence-corrected chi connectivity index (χ2v) is 8.57. The van der Waals surface area contributed by atoms with Crippen LogP contribution < -0.4 is 0 Å². The summed E-state index contributed by atoms with van der Waals surface area (Å²) in [6.07, 6.45) is -0.971. The molecule has 0 aliphatic carbocycles. The number of hydrogen-bond donors (Lipinski definition) is 5. The van der Waals surface area contributed by atoms with Crippen molar-refractivity contribution in [3.8, 4) is 0 Å². The van der Waals surface area contributed by atoms with Crippen LogP contribution in [0.15, 0.2) is 0 Å². The topological polar surface area (TPSA) is 138 Å². The first-order chi connectivity index (χ1) is 14.0. The van der Waals surface area contributed by atoms with Gasteiger partial charge in [0, 0.05) is 7.11 Å². The second-order valence-electron chi connectivity index (χ2n) is 8.57. The van der Waals surface area contributed by atoms with E-state index in [-0.39, 0.29) is 11.7 Å². The first-order valence-corrected chi connectivity index (χ1v) is 10.9. The fraction of sp³-hybridized carbons (Fsp3) is 1.00. The minimum Gasteiger partial charge on any atom is -0.387 e. The van der Waals surface area contributed by atoms with Gasteiger partial charge in [-0.3, -0.25) is 0 Å². The van der Waals surface area contributed by atoms with Crippen molar-refractivity contribution in [3.05, 3.63) is 0 Å². The molecule has 3 aliphatic rings. The Balaban J connectivity index is 0.000000226. The molecule has 3 heterocycles. The highest BCUT2D eigenvalue weighted by molar-refractivity contribution is 4.85.